The van der Waals surface area contributed by atoms with Crippen LogP contribution in [0, 0.1) is 0 Å². The fourth-order valence-electron chi connectivity index (χ4n) is 2.72. The van der Waals surface area contributed by atoms with Gasteiger partial charge < -0.3 is 14.4 Å². The molecule has 3 rings (SSSR count). The number of amides is 1. The van der Waals surface area contributed by atoms with Crippen molar-refractivity contribution in [1.29, 1.82) is 0 Å². The standard InChI is InChI=1S/C15H20N2O3/c1-14(2,3)20-13(18)17-8-6-15(12(10-17)19-15)11-5-4-7-16-9-11/h4-5,7,9,12H,6,8,10H2,1-3H3/t12-,15+/m1/s1. The molecule has 2 atom stereocenters. The summed E-state index contributed by atoms with van der Waals surface area (Å²) in [5.41, 5.74) is 0.417. The highest BCUT2D eigenvalue weighted by molar-refractivity contribution is 5.68. The molecule has 1 aromatic heterocycles. The van der Waals surface area contributed by atoms with Gasteiger partial charge in [-0.3, -0.25) is 4.98 Å². The zero-order valence-electron chi connectivity index (χ0n) is 12.1. The zero-order chi connectivity index (χ0) is 14.4. The Bertz CT molecular complexity index is 512. The van der Waals surface area contributed by atoms with E-state index in [0.717, 1.165) is 12.0 Å². The molecule has 2 fully saturated rings. The minimum Gasteiger partial charge on any atom is -0.444 e. The first-order valence-corrected chi connectivity index (χ1v) is 6.97. The highest BCUT2D eigenvalue weighted by Gasteiger charge is 2.61. The summed E-state index contributed by atoms with van der Waals surface area (Å²) in [4.78, 5) is 17.9. The van der Waals surface area contributed by atoms with E-state index in [1.807, 2.05) is 39.1 Å². The van der Waals surface area contributed by atoms with E-state index in [-0.39, 0.29) is 17.8 Å². The maximum atomic E-state index is 12.1. The summed E-state index contributed by atoms with van der Waals surface area (Å²) in [5, 5.41) is 0. The number of aromatic nitrogens is 1. The third kappa shape index (κ3) is 2.38. The van der Waals surface area contributed by atoms with Crippen molar-refractivity contribution in [2.45, 2.75) is 44.5 Å². The second kappa shape index (κ2) is 4.45. The normalized spacial score (nSPS) is 28.8. The summed E-state index contributed by atoms with van der Waals surface area (Å²) in [5.74, 6) is 0. The number of nitrogens with zero attached hydrogens (tertiary/aromatic N) is 2. The molecule has 5 heteroatoms. The van der Waals surface area contributed by atoms with Crippen LogP contribution in [0.4, 0.5) is 4.79 Å². The Labute approximate surface area is 118 Å². The number of carbonyl (C=O) groups excluding carboxylic acids is 1. The number of fused-ring (bicyclic) bond motifs is 1. The highest BCUT2D eigenvalue weighted by Crippen LogP contribution is 2.51. The summed E-state index contributed by atoms with van der Waals surface area (Å²) < 4.78 is 11.3. The fourth-order valence-corrected chi connectivity index (χ4v) is 2.72. The number of pyridine rings is 1. The van der Waals surface area contributed by atoms with Gasteiger partial charge in [0.2, 0.25) is 0 Å². The molecule has 2 aliphatic rings. The van der Waals surface area contributed by atoms with Crippen molar-refractivity contribution in [3.8, 4) is 0 Å². The van der Waals surface area contributed by atoms with Gasteiger partial charge in [0.15, 0.2) is 0 Å². The second-order valence-corrected chi connectivity index (χ2v) is 6.41. The van der Waals surface area contributed by atoms with Crippen molar-refractivity contribution in [2.24, 2.45) is 0 Å². The van der Waals surface area contributed by atoms with Crippen LogP contribution in [0.25, 0.3) is 0 Å². The van der Waals surface area contributed by atoms with E-state index >= 15 is 0 Å². The number of likely N-dealkylation sites (tertiary alicyclic amines) is 1. The van der Waals surface area contributed by atoms with Gasteiger partial charge in [0.1, 0.15) is 17.3 Å². The number of epoxide rings is 1. The maximum absolute atomic E-state index is 12.1. The van der Waals surface area contributed by atoms with Crippen molar-refractivity contribution in [3.05, 3.63) is 30.1 Å². The number of carbonyl (C=O) groups is 1. The lowest BCUT2D eigenvalue weighted by molar-refractivity contribution is 0.0217. The van der Waals surface area contributed by atoms with Crippen LogP contribution in [-0.4, -0.2) is 40.8 Å². The summed E-state index contributed by atoms with van der Waals surface area (Å²) in [6.45, 7) is 6.87. The van der Waals surface area contributed by atoms with Crippen LogP contribution < -0.4 is 0 Å². The smallest absolute Gasteiger partial charge is 0.410 e. The van der Waals surface area contributed by atoms with E-state index in [0.29, 0.717) is 13.1 Å². The average molecular weight is 276 g/mol. The highest BCUT2D eigenvalue weighted by atomic mass is 16.6. The molecule has 1 amide bonds. The molecule has 2 saturated heterocycles. The van der Waals surface area contributed by atoms with Gasteiger partial charge in [-0.05, 0) is 26.8 Å². The SMILES string of the molecule is CC(C)(C)OC(=O)N1CC[C@@]2(c3cccnc3)O[C@@H]2C1. The topological polar surface area (TPSA) is 55.0 Å². The van der Waals surface area contributed by atoms with Crippen molar-refractivity contribution in [2.75, 3.05) is 13.1 Å². The first-order valence-electron chi connectivity index (χ1n) is 6.97. The predicted octanol–water partition coefficient (Wildman–Crippen LogP) is 2.32. The lowest BCUT2D eigenvalue weighted by Crippen LogP contribution is -2.44. The minimum atomic E-state index is -0.459. The van der Waals surface area contributed by atoms with Crippen molar-refractivity contribution >= 4 is 6.09 Å². The summed E-state index contributed by atoms with van der Waals surface area (Å²) in [7, 11) is 0. The van der Waals surface area contributed by atoms with Gasteiger partial charge in [0, 0.05) is 30.9 Å². The van der Waals surface area contributed by atoms with E-state index in [2.05, 4.69) is 4.98 Å². The Morgan fingerprint density at radius 3 is 2.95 bits per heavy atom. The molecule has 0 radical (unpaired) electrons. The molecular weight excluding hydrogens is 256 g/mol. The molecule has 0 aromatic carbocycles. The number of rotatable bonds is 1. The molecule has 1 aromatic rings. The summed E-state index contributed by atoms with van der Waals surface area (Å²) >= 11 is 0. The molecule has 0 saturated carbocycles. The van der Waals surface area contributed by atoms with E-state index < -0.39 is 5.60 Å². The molecule has 0 aliphatic carbocycles. The van der Waals surface area contributed by atoms with E-state index in [1.165, 1.54) is 0 Å². The molecule has 20 heavy (non-hydrogen) atoms. The number of hydrogen-bond donors (Lipinski definition) is 0. The molecule has 0 unspecified atom stereocenters. The van der Waals surface area contributed by atoms with E-state index in [9.17, 15) is 4.79 Å². The lowest BCUT2D eigenvalue weighted by atomic mass is 9.90. The van der Waals surface area contributed by atoms with Crippen LogP contribution in [0.1, 0.15) is 32.8 Å². The van der Waals surface area contributed by atoms with Gasteiger partial charge in [-0.2, -0.15) is 0 Å². The van der Waals surface area contributed by atoms with Crippen LogP contribution in [0.5, 0.6) is 0 Å². The molecule has 5 nitrogen and oxygen atoms in total. The van der Waals surface area contributed by atoms with Crippen LogP contribution in [-0.2, 0) is 15.1 Å². The van der Waals surface area contributed by atoms with E-state index in [1.54, 1.807) is 11.1 Å². The monoisotopic (exact) mass is 276 g/mol. The van der Waals surface area contributed by atoms with Crippen LogP contribution in [0.3, 0.4) is 0 Å². The third-order valence-corrected chi connectivity index (χ3v) is 3.76. The molecule has 0 spiro atoms. The first-order chi connectivity index (χ1) is 9.41. The van der Waals surface area contributed by atoms with Crippen LogP contribution in [0.2, 0.25) is 0 Å². The fraction of sp³-hybridized carbons (Fsp3) is 0.600. The Hall–Kier alpha value is -1.62. The molecule has 3 heterocycles. The van der Waals surface area contributed by atoms with Gasteiger partial charge in [0.05, 0.1) is 6.54 Å². The average Bonchev–Trinajstić information content (AvgIpc) is 3.12. The minimum absolute atomic E-state index is 0.0629. The predicted molar refractivity (Wildman–Crippen MR) is 73.2 cm³/mol. The molecular formula is C15H20N2O3. The van der Waals surface area contributed by atoms with Crippen molar-refractivity contribution < 1.29 is 14.3 Å². The Morgan fingerprint density at radius 2 is 2.35 bits per heavy atom. The number of ether oxygens (including phenoxy) is 2. The van der Waals surface area contributed by atoms with Gasteiger partial charge >= 0.3 is 6.09 Å². The van der Waals surface area contributed by atoms with Gasteiger partial charge in [-0.1, -0.05) is 6.07 Å². The molecule has 0 bridgehead atoms. The van der Waals surface area contributed by atoms with Gasteiger partial charge in [-0.25, -0.2) is 4.79 Å². The Morgan fingerprint density at radius 1 is 1.55 bits per heavy atom. The Kier molecular flexibility index (Phi) is 2.97. The maximum Gasteiger partial charge on any atom is 0.410 e. The molecule has 108 valence electrons. The van der Waals surface area contributed by atoms with Crippen LogP contribution >= 0.6 is 0 Å². The quantitative estimate of drug-likeness (QED) is 0.739. The Balaban J connectivity index is 1.65. The van der Waals surface area contributed by atoms with Crippen molar-refractivity contribution in [3.63, 3.8) is 0 Å². The van der Waals surface area contributed by atoms with E-state index in [4.69, 9.17) is 9.47 Å². The summed E-state index contributed by atoms with van der Waals surface area (Å²) in [6.07, 6.45) is 4.21. The second-order valence-electron chi connectivity index (χ2n) is 6.41. The summed E-state index contributed by atoms with van der Waals surface area (Å²) in [6, 6.07) is 3.96. The third-order valence-electron chi connectivity index (χ3n) is 3.76. The first kappa shape index (κ1) is 13.4. The van der Waals surface area contributed by atoms with Crippen molar-refractivity contribution in [1.82, 2.24) is 9.88 Å². The zero-order valence-corrected chi connectivity index (χ0v) is 12.1. The number of hydrogen-bond acceptors (Lipinski definition) is 4. The lowest BCUT2D eigenvalue weighted by Gasteiger charge is -2.30. The largest absolute Gasteiger partial charge is 0.444 e. The van der Waals surface area contributed by atoms with Gasteiger partial charge in [-0.15, -0.1) is 0 Å². The molecule has 0 N–H and O–H groups in total. The molecule has 2 aliphatic heterocycles. The van der Waals surface area contributed by atoms with Crippen LogP contribution in [0.15, 0.2) is 24.5 Å². The van der Waals surface area contributed by atoms with Gasteiger partial charge in [0.25, 0.3) is 0 Å². The number of piperidine rings is 1.